The van der Waals surface area contributed by atoms with Crippen LogP contribution < -0.4 is 16.2 Å². The fourth-order valence-electron chi connectivity index (χ4n) is 4.59. The van der Waals surface area contributed by atoms with Crippen LogP contribution in [0.2, 0.25) is 5.02 Å². The zero-order valence-electron chi connectivity index (χ0n) is 17.7. The Labute approximate surface area is 186 Å². The molecule has 2 bridgehead atoms. The molecule has 31 heavy (non-hydrogen) atoms. The van der Waals surface area contributed by atoms with Crippen molar-refractivity contribution in [3.05, 3.63) is 63.5 Å². The second-order valence-corrected chi connectivity index (χ2v) is 9.15. The lowest BCUT2D eigenvalue weighted by molar-refractivity contribution is -0.118. The SMILES string of the molecule is CC(C)[C@H](NC(=O)N1C[C@@H]2C[C@H](C1)c1cccc(=O)n1C2)C(=O)Nc1ccccc1Cl. The number of pyridine rings is 1. The Morgan fingerprint density at radius 1 is 1.06 bits per heavy atom. The molecule has 2 aromatic rings. The largest absolute Gasteiger partial charge is 0.326 e. The van der Waals surface area contributed by atoms with Gasteiger partial charge < -0.3 is 20.1 Å². The minimum Gasteiger partial charge on any atom is -0.326 e. The third-order valence-corrected chi connectivity index (χ3v) is 6.46. The van der Waals surface area contributed by atoms with Gasteiger partial charge in [-0.2, -0.15) is 0 Å². The number of piperidine rings is 1. The molecule has 0 unspecified atom stereocenters. The lowest BCUT2D eigenvalue weighted by atomic mass is 9.83. The summed E-state index contributed by atoms with van der Waals surface area (Å²) in [7, 11) is 0. The Bertz CT molecular complexity index is 1050. The zero-order valence-corrected chi connectivity index (χ0v) is 18.4. The molecule has 164 valence electrons. The number of nitrogens with zero attached hydrogens (tertiary/aromatic N) is 2. The number of rotatable bonds is 4. The number of para-hydroxylation sites is 1. The molecule has 1 fully saturated rings. The van der Waals surface area contributed by atoms with Gasteiger partial charge in [-0.15, -0.1) is 0 Å². The van der Waals surface area contributed by atoms with Crippen molar-refractivity contribution >= 4 is 29.2 Å². The molecule has 2 aliphatic rings. The summed E-state index contributed by atoms with van der Waals surface area (Å²) in [6.45, 7) is 5.51. The van der Waals surface area contributed by atoms with E-state index in [9.17, 15) is 14.4 Å². The van der Waals surface area contributed by atoms with Gasteiger partial charge in [-0.25, -0.2) is 4.79 Å². The zero-order chi connectivity index (χ0) is 22.1. The Morgan fingerprint density at radius 3 is 2.58 bits per heavy atom. The number of hydrogen-bond acceptors (Lipinski definition) is 3. The summed E-state index contributed by atoms with van der Waals surface area (Å²) in [5, 5.41) is 6.18. The lowest BCUT2D eigenvalue weighted by Crippen LogP contribution is -2.56. The number of urea groups is 1. The van der Waals surface area contributed by atoms with E-state index in [-0.39, 0.29) is 35.3 Å². The fraction of sp³-hybridized carbons (Fsp3) is 0.435. The minimum absolute atomic E-state index is 0.0150. The highest BCUT2D eigenvalue weighted by atomic mass is 35.5. The van der Waals surface area contributed by atoms with Crippen molar-refractivity contribution in [2.24, 2.45) is 11.8 Å². The monoisotopic (exact) mass is 442 g/mol. The molecular formula is C23H27ClN4O3. The number of amides is 3. The van der Waals surface area contributed by atoms with Gasteiger partial charge in [0.05, 0.1) is 10.7 Å². The average Bonchev–Trinajstić information content (AvgIpc) is 2.74. The number of carbonyl (C=O) groups excluding carboxylic acids is 2. The molecule has 1 saturated heterocycles. The highest BCUT2D eigenvalue weighted by Gasteiger charge is 2.37. The molecule has 0 radical (unpaired) electrons. The molecule has 8 heteroatoms. The molecular weight excluding hydrogens is 416 g/mol. The number of carbonyl (C=O) groups is 2. The quantitative estimate of drug-likeness (QED) is 0.762. The first-order valence-corrected chi connectivity index (χ1v) is 11.0. The Balaban J connectivity index is 1.46. The van der Waals surface area contributed by atoms with Gasteiger partial charge in [-0.05, 0) is 36.5 Å². The molecule has 1 aromatic heterocycles. The van der Waals surface area contributed by atoms with E-state index >= 15 is 0 Å². The number of hydrogen-bond donors (Lipinski definition) is 2. The number of benzene rings is 1. The van der Waals surface area contributed by atoms with Crippen LogP contribution in [0, 0.1) is 11.8 Å². The molecule has 2 N–H and O–H groups in total. The van der Waals surface area contributed by atoms with E-state index in [2.05, 4.69) is 10.6 Å². The van der Waals surface area contributed by atoms with Gasteiger partial charge in [0.2, 0.25) is 5.91 Å². The molecule has 0 saturated carbocycles. The van der Waals surface area contributed by atoms with Crippen molar-refractivity contribution in [3.63, 3.8) is 0 Å². The predicted octanol–water partition coefficient (Wildman–Crippen LogP) is 3.29. The van der Waals surface area contributed by atoms with Crippen molar-refractivity contribution in [1.29, 1.82) is 0 Å². The number of nitrogens with one attached hydrogen (secondary N) is 2. The van der Waals surface area contributed by atoms with Gasteiger partial charge in [0.25, 0.3) is 5.56 Å². The number of fused-ring (bicyclic) bond motifs is 4. The maximum absolute atomic E-state index is 13.1. The van der Waals surface area contributed by atoms with Crippen LogP contribution in [-0.4, -0.2) is 40.5 Å². The topological polar surface area (TPSA) is 83.4 Å². The van der Waals surface area contributed by atoms with Crippen molar-refractivity contribution in [3.8, 4) is 0 Å². The molecule has 3 heterocycles. The summed E-state index contributed by atoms with van der Waals surface area (Å²) >= 11 is 6.15. The standard InChI is InChI=1S/C23H27ClN4O3/c1-14(2)21(22(30)25-18-7-4-3-6-17(18)24)26-23(31)27-11-15-10-16(13-27)19-8-5-9-20(29)28(19)12-15/h3-9,14-16,21H,10-13H2,1-2H3,(H,25,30)(H,26,31)/t15-,16+,21-/m0/s1. The summed E-state index contributed by atoms with van der Waals surface area (Å²) < 4.78 is 1.84. The van der Waals surface area contributed by atoms with Crippen molar-refractivity contribution in [2.45, 2.75) is 38.8 Å². The molecule has 0 aliphatic carbocycles. The highest BCUT2D eigenvalue weighted by molar-refractivity contribution is 6.33. The van der Waals surface area contributed by atoms with Gasteiger partial charge in [-0.3, -0.25) is 9.59 Å². The molecule has 3 atom stereocenters. The van der Waals surface area contributed by atoms with Crippen LogP contribution in [0.25, 0.3) is 0 Å². The third-order valence-electron chi connectivity index (χ3n) is 6.13. The van der Waals surface area contributed by atoms with E-state index in [1.54, 1.807) is 41.3 Å². The maximum Gasteiger partial charge on any atom is 0.318 e. The van der Waals surface area contributed by atoms with E-state index in [4.69, 9.17) is 11.6 Å². The summed E-state index contributed by atoms with van der Waals surface area (Å²) in [4.78, 5) is 39.9. The Kier molecular flexibility index (Phi) is 6.05. The molecule has 3 amide bonds. The minimum atomic E-state index is -0.694. The normalized spacial score (nSPS) is 20.7. The van der Waals surface area contributed by atoms with Gasteiger partial charge in [0.15, 0.2) is 0 Å². The second-order valence-electron chi connectivity index (χ2n) is 8.74. The molecule has 2 aliphatic heterocycles. The summed E-state index contributed by atoms with van der Waals surface area (Å²) in [5.41, 5.74) is 1.52. The number of aromatic nitrogens is 1. The third kappa shape index (κ3) is 4.46. The van der Waals surface area contributed by atoms with Crippen LogP contribution in [0.3, 0.4) is 0 Å². The number of likely N-dealkylation sites (tertiary alicyclic amines) is 1. The van der Waals surface area contributed by atoms with E-state index in [0.717, 1.165) is 12.1 Å². The van der Waals surface area contributed by atoms with Crippen LogP contribution >= 0.6 is 11.6 Å². The first-order valence-electron chi connectivity index (χ1n) is 10.6. The van der Waals surface area contributed by atoms with Crippen molar-refractivity contribution in [1.82, 2.24) is 14.8 Å². The van der Waals surface area contributed by atoms with Gasteiger partial charge >= 0.3 is 6.03 Å². The fourth-order valence-corrected chi connectivity index (χ4v) is 4.78. The first-order chi connectivity index (χ1) is 14.8. The van der Waals surface area contributed by atoms with Crippen LogP contribution in [0.4, 0.5) is 10.5 Å². The number of anilines is 1. The second kappa shape index (κ2) is 8.75. The maximum atomic E-state index is 13.1. The van der Waals surface area contributed by atoms with Crippen LogP contribution in [0.15, 0.2) is 47.3 Å². The first kappa shape index (κ1) is 21.4. The summed E-state index contributed by atoms with van der Waals surface area (Å²) in [6, 6.07) is 11.4. The lowest BCUT2D eigenvalue weighted by Gasteiger charge is -2.43. The van der Waals surface area contributed by atoms with Crippen molar-refractivity contribution in [2.75, 3.05) is 18.4 Å². The van der Waals surface area contributed by atoms with Crippen molar-refractivity contribution < 1.29 is 9.59 Å². The Morgan fingerprint density at radius 2 is 1.84 bits per heavy atom. The van der Waals surface area contributed by atoms with E-state index in [1.165, 1.54) is 0 Å². The molecule has 4 rings (SSSR count). The van der Waals surface area contributed by atoms with E-state index in [0.29, 0.717) is 30.3 Å². The Hall–Kier alpha value is -2.80. The van der Waals surface area contributed by atoms with Gasteiger partial charge in [-0.1, -0.05) is 43.6 Å². The summed E-state index contributed by atoms with van der Waals surface area (Å²) in [5.74, 6) is -0.0475. The van der Waals surface area contributed by atoms with Crippen LogP contribution in [0.5, 0.6) is 0 Å². The highest BCUT2D eigenvalue weighted by Crippen LogP contribution is 2.35. The van der Waals surface area contributed by atoms with Crippen LogP contribution in [0.1, 0.15) is 31.9 Å². The van der Waals surface area contributed by atoms with E-state index < -0.39 is 6.04 Å². The molecule has 1 aromatic carbocycles. The van der Waals surface area contributed by atoms with Crippen LogP contribution in [-0.2, 0) is 11.3 Å². The average molecular weight is 443 g/mol. The van der Waals surface area contributed by atoms with Gasteiger partial charge in [0.1, 0.15) is 6.04 Å². The summed E-state index contributed by atoms with van der Waals surface area (Å²) in [6.07, 6.45) is 0.966. The number of halogens is 1. The van der Waals surface area contributed by atoms with E-state index in [1.807, 2.05) is 24.5 Å². The predicted molar refractivity (Wildman–Crippen MR) is 120 cm³/mol. The molecule has 7 nitrogen and oxygen atoms in total. The van der Waals surface area contributed by atoms with Gasteiger partial charge in [0, 0.05) is 37.3 Å². The molecule has 0 spiro atoms. The smallest absolute Gasteiger partial charge is 0.318 e.